The fraction of sp³-hybridized carbons (Fsp3) is 0.591. The van der Waals surface area contributed by atoms with Gasteiger partial charge in [0, 0.05) is 6.54 Å². The van der Waals surface area contributed by atoms with Crippen molar-refractivity contribution >= 4 is 18.3 Å². The number of nitrogens with one attached hydrogen (secondary N) is 1. The molecule has 1 saturated carbocycles. The second-order valence-electron chi connectivity index (χ2n) is 8.38. The Hall–Kier alpha value is -2.57. The van der Waals surface area contributed by atoms with E-state index in [1.54, 1.807) is 6.92 Å². The Morgan fingerprint density at radius 2 is 2.03 bits per heavy atom. The Morgan fingerprint density at radius 3 is 2.66 bits per heavy atom. The molecule has 7 heteroatoms. The Labute approximate surface area is 171 Å². The van der Waals surface area contributed by atoms with E-state index in [1.807, 2.05) is 12.1 Å². The highest BCUT2D eigenvalue weighted by Gasteiger charge is 2.44. The lowest BCUT2D eigenvalue weighted by Gasteiger charge is -2.35. The average molecular weight is 402 g/mol. The summed E-state index contributed by atoms with van der Waals surface area (Å²) in [7, 11) is 0. The van der Waals surface area contributed by atoms with E-state index in [-0.39, 0.29) is 5.91 Å². The highest BCUT2D eigenvalue weighted by atomic mass is 16.5. The summed E-state index contributed by atoms with van der Waals surface area (Å²) in [5.41, 5.74) is 0.289. The van der Waals surface area contributed by atoms with E-state index in [0.717, 1.165) is 38.0 Å². The molecule has 158 valence electrons. The summed E-state index contributed by atoms with van der Waals surface area (Å²) in [6, 6.07) is 7.35. The van der Waals surface area contributed by atoms with Crippen LogP contribution >= 0.6 is 0 Å². The van der Waals surface area contributed by atoms with E-state index >= 15 is 0 Å². The van der Waals surface area contributed by atoms with E-state index in [1.165, 1.54) is 10.5 Å². The maximum Gasteiger partial charge on any atom is 0.326 e. The van der Waals surface area contributed by atoms with Crippen LogP contribution in [0.5, 0.6) is 5.75 Å². The van der Waals surface area contributed by atoms with Crippen LogP contribution in [0.1, 0.15) is 57.4 Å². The highest BCUT2D eigenvalue weighted by Crippen LogP contribution is 2.33. The maximum atomic E-state index is 12.8. The van der Waals surface area contributed by atoms with Gasteiger partial charge in [0.25, 0.3) is 0 Å². The maximum absolute atomic E-state index is 12.8. The molecule has 1 saturated heterocycles. The van der Waals surface area contributed by atoms with Gasteiger partial charge in [-0.25, -0.2) is 4.79 Å². The van der Waals surface area contributed by atoms with Gasteiger partial charge in [0.2, 0.25) is 12.3 Å². The lowest BCUT2D eigenvalue weighted by Crippen LogP contribution is -2.58. The number of likely N-dealkylation sites (tertiary alicyclic amines) is 1. The smallest absolute Gasteiger partial charge is 0.326 e. The first-order chi connectivity index (χ1) is 13.9. The van der Waals surface area contributed by atoms with E-state index in [4.69, 9.17) is 4.74 Å². The average Bonchev–Trinajstić information content (AvgIpc) is 3.44. The van der Waals surface area contributed by atoms with Crippen LogP contribution in [-0.2, 0) is 21.0 Å². The first-order valence-electron chi connectivity index (χ1n) is 10.4. The zero-order valence-corrected chi connectivity index (χ0v) is 16.9. The predicted octanol–water partition coefficient (Wildman–Crippen LogP) is 2.73. The van der Waals surface area contributed by atoms with Crippen molar-refractivity contribution < 1.29 is 24.2 Å². The molecule has 2 aliphatic heterocycles. The van der Waals surface area contributed by atoms with Crippen LogP contribution in [0, 0.1) is 5.92 Å². The molecule has 1 aliphatic carbocycles. The molecule has 2 bridgehead atoms. The number of ether oxygens (including phenoxy) is 1. The van der Waals surface area contributed by atoms with Crippen molar-refractivity contribution in [3.63, 3.8) is 0 Å². The van der Waals surface area contributed by atoms with Crippen molar-refractivity contribution in [2.45, 2.75) is 70.1 Å². The Balaban J connectivity index is 0.000000246. The summed E-state index contributed by atoms with van der Waals surface area (Å²) in [6.45, 7) is 2.94. The van der Waals surface area contributed by atoms with E-state index < -0.39 is 17.6 Å². The summed E-state index contributed by atoms with van der Waals surface area (Å²) >= 11 is 0. The van der Waals surface area contributed by atoms with Crippen LogP contribution in [0.15, 0.2) is 24.3 Å². The molecule has 2 fully saturated rings. The standard InChI is InChI=1S/C15H24N2O4.C7H6O/c1-15(16-10-18,9-11-5-2-3-6-11)14(21)17-8-4-7-12(17)13(19)20;1-2-6-4-7(3-1)8-5-6/h10-12H,2-9H2,1H3,(H,16,18)(H,19,20);1-4H,5H2. The molecule has 0 aromatic heterocycles. The van der Waals surface area contributed by atoms with Crippen LogP contribution in [0.4, 0.5) is 0 Å². The zero-order valence-electron chi connectivity index (χ0n) is 16.9. The number of carbonyl (C=O) groups excluding carboxylic acids is 2. The number of rotatable bonds is 6. The van der Waals surface area contributed by atoms with Crippen molar-refractivity contribution in [2.75, 3.05) is 6.54 Å². The van der Waals surface area contributed by atoms with Crippen LogP contribution in [0.3, 0.4) is 0 Å². The van der Waals surface area contributed by atoms with Gasteiger partial charge >= 0.3 is 5.97 Å². The number of hydrogen-bond donors (Lipinski definition) is 2. The number of hydrogen-bond acceptors (Lipinski definition) is 4. The second kappa shape index (κ2) is 9.29. The van der Waals surface area contributed by atoms with E-state index in [0.29, 0.717) is 38.1 Å². The summed E-state index contributed by atoms with van der Waals surface area (Å²) in [5, 5.41) is 11.9. The third-order valence-corrected chi connectivity index (χ3v) is 6.12. The zero-order chi connectivity index (χ0) is 20.9. The lowest BCUT2D eigenvalue weighted by molar-refractivity contribution is -0.151. The van der Waals surface area contributed by atoms with Gasteiger partial charge in [0.05, 0.1) is 0 Å². The number of aliphatic carboxylic acids is 1. The number of amides is 2. The highest BCUT2D eigenvalue weighted by molar-refractivity contribution is 5.91. The molecule has 2 amide bonds. The molecule has 1 aromatic rings. The van der Waals surface area contributed by atoms with Crippen molar-refractivity contribution in [2.24, 2.45) is 5.92 Å². The second-order valence-corrected chi connectivity index (χ2v) is 8.38. The van der Waals surface area contributed by atoms with Gasteiger partial charge in [-0.05, 0) is 49.8 Å². The van der Waals surface area contributed by atoms with Gasteiger partial charge in [-0.1, -0.05) is 37.8 Å². The van der Waals surface area contributed by atoms with Crippen LogP contribution in [0.2, 0.25) is 0 Å². The third kappa shape index (κ3) is 5.08. The summed E-state index contributed by atoms with van der Waals surface area (Å²) in [5.74, 6) is 0.210. The molecule has 2 heterocycles. The third-order valence-electron chi connectivity index (χ3n) is 6.12. The molecular formula is C22H30N2O5. The fourth-order valence-corrected chi connectivity index (χ4v) is 4.61. The number of benzene rings is 1. The number of carboxylic acid groups (broad SMARTS) is 1. The summed E-state index contributed by atoms with van der Waals surface area (Å²) < 4.78 is 5.18. The molecule has 3 aliphatic rings. The molecule has 0 spiro atoms. The molecule has 2 N–H and O–H groups in total. The Bertz CT molecular complexity index is 727. The summed E-state index contributed by atoms with van der Waals surface area (Å²) in [6.07, 6.45) is 6.81. The predicted molar refractivity (Wildman–Crippen MR) is 107 cm³/mol. The number of carboxylic acids is 1. The molecule has 0 radical (unpaired) electrons. The van der Waals surface area contributed by atoms with E-state index in [9.17, 15) is 19.5 Å². The number of fused-ring (bicyclic) bond motifs is 2. The monoisotopic (exact) mass is 402 g/mol. The minimum Gasteiger partial charge on any atom is -0.489 e. The molecule has 1 aromatic carbocycles. The quantitative estimate of drug-likeness (QED) is 0.714. The van der Waals surface area contributed by atoms with Crippen molar-refractivity contribution in [1.29, 1.82) is 0 Å². The van der Waals surface area contributed by atoms with Crippen molar-refractivity contribution in [1.82, 2.24) is 10.2 Å². The van der Waals surface area contributed by atoms with Crippen molar-refractivity contribution in [3.8, 4) is 5.75 Å². The fourth-order valence-electron chi connectivity index (χ4n) is 4.61. The van der Waals surface area contributed by atoms with Crippen LogP contribution < -0.4 is 10.1 Å². The largest absolute Gasteiger partial charge is 0.489 e. The Kier molecular flexibility index (Phi) is 6.77. The van der Waals surface area contributed by atoms with Crippen molar-refractivity contribution in [3.05, 3.63) is 29.8 Å². The summed E-state index contributed by atoms with van der Waals surface area (Å²) in [4.78, 5) is 36.4. The van der Waals surface area contributed by atoms with Gasteiger partial charge in [0.15, 0.2) is 0 Å². The molecule has 2 unspecified atom stereocenters. The minimum atomic E-state index is -0.991. The van der Waals surface area contributed by atoms with E-state index in [2.05, 4.69) is 17.4 Å². The molecule has 2 atom stereocenters. The van der Waals surface area contributed by atoms with Crippen LogP contribution in [0.25, 0.3) is 0 Å². The molecule has 7 nitrogen and oxygen atoms in total. The Morgan fingerprint density at radius 1 is 1.28 bits per heavy atom. The van der Waals surface area contributed by atoms with Gasteiger partial charge in [-0.15, -0.1) is 0 Å². The SMILES string of the molecule is CC(CC1CCCC1)(NC=O)C(=O)N1CCCC1C(=O)O.c1cc2cc(c1)OC2. The van der Waals surface area contributed by atoms with Gasteiger partial charge < -0.3 is 20.1 Å². The van der Waals surface area contributed by atoms with Gasteiger partial charge in [-0.2, -0.15) is 0 Å². The molecule has 4 rings (SSSR count). The van der Waals surface area contributed by atoms with Gasteiger partial charge in [0.1, 0.15) is 23.9 Å². The number of carbonyl (C=O) groups is 3. The first-order valence-corrected chi connectivity index (χ1v) is 10.4. The molecular weight excluding hydrogens is 372 g/mol. The van der Waals surface area contributed by atoms with Gasteiger partial charge in [-0.3, -0.25) is 9.59 Å². The lowest BCUT2D eigenvalue weighted by atomic mass is 9.86. The minimum absolute atomic E-state index is 0.258. The normalized spacial score (nSPS) is 22.2. The van der Waals surface area contributed by atoms with Crippen LogP contribution in [-0.4, -0.2) is 46.4 Å². The number of nitrogens with zero attached hydrogens (tertiary/aromatic N) is 1. The topological polar surface area (TPSA) is 95.9 Å². The molecule has 29 heavy (non-hydrogen) atoms. The first kappa shape index (κ1) is 21.1.